The minimum Gasteiger partial charge on any atom is -0.368 e. The molecular weight excluding hydrogens is 266 g/mol. The van der Waals surface area contributed by atoms with Crippen LogP contribution in [0.25, 0.3) is 0 Å². The zero-order valence-corrected chi connectivity index (χ0v) is 12.5. The van der Waals surface area contributed by atoms with Gasteiger partial charge in [0, 0.05) is 12.5 Å². The first-order chi connectivity index (χ1) is 8.78. The molecule has 1 heterocycles. The average molecular weight is 290 g/mol. The topological polar surface area (TPSA) is 60.2 Å². The molecule has 1 saturated carbocycles. The number of ether oxygens (including phenoxy) is 1. The van der Waals surface area contributed by atoms with Crippen molar-refractivity contribution >= 4 is 12.4 Å². The normalized spacial score (nSPS) is 18.0. The quantitative estimate of drug-likeness (QED) is 0.872. The predicted octanol–water partition coefficient (Wildman–Crippen LogP) is 2.49. The summed E-state index contributed by atoms with van der Waals surface area (Å²) in [6, 6.07) is 0.356. The lowest BCUT2D eigenvalue weighted by Gasteiger charge is -2.20. The van der Waals surface area contributed by atoms with Crippen LogP contribution in [-0.4, -0.2) is 29.3 Å². The first-order valence-electron chi connectivity index (χ1n) is 6.88. The summed E-state index contributed by atoms with van der Waals surface area (Å²) in [5.74, 6) is 1.35. The maximum atomic E-state index is 5.80. The van der Waals surface area contributed by atoms with Gasteiger partial charge in [0.05, 0.1) is 6.10 Å². The molecule has 1 unspecified atom stereocenters. The van der Waals surface area contributed by atoms with E-state index in [9.17, 15) is 0 Å². The van der Waals surface area contributed by atoms with Crippen molar-refractivity contribution in [1.82, 2.24) is 15.5 Å². The summed E-state index contributed by atoms with van der Waals surface area (Å²) in [4.78, 5) is 4.34. The van der Waals surface area contributed by atoms with Gasteiger partial charge in [-0.3, -0.25) is 0 Å². The molecule has 0 spiro atoms. The molecular formula is C13H24ClN3O2. The maximum Gasteiger partial charge on any atom is 0.252 e. The number of halogens is 1. The molecule has 5 nitrogen and oxygen atoms in total. The van der Waals surface area contributed by atoms with Crippen LogP contribution in [0.2, 0.25) is 0 Å². The van der Waals surface area contributed by atoms with E-state index in [1.54, 1.807) is 0 Å². The van der Waals surface area contributed by atoms with Crippen LogP contribution in [0.4, 0.5) is 0 Å². The molecule has 1 aromatic rings. The van der Waals surface area contributed by atoms with Crippen molar-refractivity contribution in [3.8, 4) is 0 Å². The first-order valence-corrected chi connectivity index (χ1v) is 6.88. The van der Waals surface area contributed by atoms with Crippen LogP contribution in [0.1, 0.15) is 50.7 Å². The van der Waals surface area contributed by atoms with Crippen LogP contribution in [0.3, 0.4) is 0 Å². The Morgan fingerprint density at radius 2 is 2.11 bits per heavy atom. The molecule has 110 valence electrons. The molecule has 2 rings (SSSR count). The van der Waals surface area contributed by atoms with Crippen molar-refractivity contribution in [1.29, 1.82) is 0 Å². The molecule has 1 aromatic heterocycles. The fourth-order valence-electron chi connectivity index (χ4n) is 2.23. The Morgan fingerprint density at radius 3 is 2.79 bits per heavy atom. The third kappa shape index (κ3) is 5.47. The zero-order valence-electron chi connectivity index (χ0n) is 11.7. The first kappa shape index (κ1) is 16.4. The van der Waals surface area contributed by atoms with Gasteiger partial charge < -0.3 is 14.6 Å². The number of rotatable bonds is 6. The Bertz CT molecular complexity index is 353. The molecule has 1 aliphatic rings. The summed E-state index contributed by atoms with van der Waals surface area (Å²) in [5, 5.41) is 7.12. The second-order valence-corrected chi connectivity index (χ2v) is 5.07. The SMILES string of the molecule is CNC(C)Cc1noc(COC2CCCCC2)n1.Cl. The Morgan fingerprint density at radius 1 is 1.37 bits per heavy atom. The molecule has 1 atom stereocenters. The van der Waals surface area contributed by atoms with Crippen molar-refractivity contribution in [2.45, 2.75) is 64.2 Å². The van der Waals surface area contributed by atoms with Gasteiger partial charge in [-0.1, -0.05) is 24.4 Å². The third-order valence-electron chi connectivity index (χ3n) is 3.49. The molecule has 6 heteroatoms. The number of nitrogens with one attached hydrogen (secondary N) is 1. The number of likely N-dealkylation sites (N-methyl/N-ethyl adjacent to an activating group) is 1. The zero-order chi connectivity index (χ0) is 12.8. The lowest BCUT2D eigenvalue weighted by atomic mass is 9.98. The van der Waals surface area contributed by atoms with Crippen LogP contribution in [-0.2, 0) is 17.8 Å². The van der Waals surface area contributed by atoms with E-state index in [1.807, 2.05) is 7.05 Å². The fraction of sp³-hybridized carbons (Fsp3) is 0.846. The van der Waals surface area contributed by atoms with Gasteiger partial charge in [-0.2, -0.15) is 4.98 Å². The van der Waals surface area contributed by atoms with Gasteiger partial charge in [0.2, 0.25) is 0 Å². The van der Waals surface area contributed by atoms with Crippen LogP contribution in [0.5, 0.6) is 0 Å². The Kier molecular flexibility index (Phi) is 7.34. The molecule has 0 saturated heterocycles. The van der Waals surface area contributed by atoms with Crippen LogP contribution < -0.4 is 5.32 Å². The number of hydrogen-bond acceptors (Lipinski definition) is 5. The number of nitrogens with zero attached hydrogens (tertiary/aromatic N) is 2. The van der Waals surface area contributed by atoms with Crippen LogP contribution in [0, 0.1) is 0 Å². The van der Waals surface area contributed by atoms with Crippen LogP contribution in [0.15, 0.2) is 4.52 Å². The second kappa shape index (κ2) is 8.51. The molecule has 0 radical (unpaired) electrons. The van der Waals surface area contributed by atoms with E-state index in [-0.39, 0.29) is 12.4 Å². The minimum atomic E-state index is 0. The van der Waals surface area contributed by atoms with E-state index in [1.165, 1.54) is 19.3 Å². The molecule has 0 amide bonds. The van der Waals surface area contributed by atoms with Gasteiger partial charge in [-0.05, 0) is 26.8 Å². The summed E-state index contributed by atoms with van der Waals surface area (Å²) in [5.41, 5.74) is 0. The average Bonchev–Trinajstić information content (AvgIpc) is 2.85. The molecule has 0 aromatic carbocycles. The molecule has 19 heavy (non-hydrogen) atoms. The highest BCUT2D eigenvalue weighted by molar-refractivity contribution is 5.85. The highest BCUT2D eigenvalue weighted by Crippen LogP contribution is 2.21. The Labute approximate surface area is 120 Å². The van der Waals surface area contributed by atoms with Crippen molar-refractivity contribution in [2.75, 3.05) is 7.05 Å². The van der Waals surface area contributed by atoms with Gasteiger partial charge in [0.15, 0.2) is 5.82 Å². The predicted molar refractivity (Wildman–Crippen MR) is 75.4 cm³/mol. The summed E-state index contributed by atoms with van der Waals surface area (Å²) in [6.07, 6.45) is 7.38. The Balaban J connectivity index is 0.00000180. The van der Waals surface area contributed by atoms with E-state index in [0.29, 0.717) is 24.6 Å². The lowest BCUT2D eigenvalue weighted by Crippen LogP contribution is -2.24. The van der Waals surface area contributed by atoms with Gasteiger partial charge >= 0.3 is 0 Å². The molecule has 1 aliphatic carbocycles. The molecule has 1 fully saturated rings. The maximum absolute atomic E-state index is 5.80. The number of aromatic nitrogens is 2. The summed E-state index contributed by atoms with van der Waals surface area (Å²) in [6.45, 7) is 2.54. The van der Waals surface area contributed by atoms with Gasteiger partial charge in [0.1, 0.15) is 6.61 Å². The number of hydrogen-bond donors (Lipinski definition) is 1. The van der Waals surface area contributed by atoms with Crippen molar-refractivity contribution in [2.24, 2.45) is 0 Å². The summed E-state index contributed by atoms with van der Waals surface area (Å²) < 4.78 is 11.0. The van der Waals surface area contributed by atoms with E-state index in [2.05, 4.69) is 22.4 Å². The van der Waals surface area contributed by atoms with Gasteiger partial charge in [0.25, 0.3) is 5.89 Å². The largest absolute Gasteiger partial charge is 0.368 e. The smallest absolute Gasteiger partial charge is 0.252 e. The van der Waals surface area contributed by atoms with E-state index in [0.717, 1.165) is 25.1 Å². The van der Waals surface area contributed by atoms with Gasteiger partial charge in [-0.15, -0.1) is 12.4 Å². The van der Waals surface area contributed by atoms with E-state index >= 15 is 0 Å². The molecule has 0 aliphatic heterocycles. The second-order valence-electron chi connectivity index (χ2n) is 5.07. The Hall–Kier alpha value is -0.650. The standard InChI is InChI=1S/C13H23N3O2.ClH/c1-10(14-2)8-12-15-13(18-16-12)9-17-11-6-4-3-5-7-11;/h10-11,14H,3-9H2,1-2H3;1H. The molecule has 0 bridgehead atoms. The highest BCUT2D eigenvalue weighted by atomic mass is 35.5. The lowest BCUT2D eigenvalue weighted by molar-refractivity contribution is 0.00462. The summed E-state index contributed by atoms with van der Waals surface area (Å²) >= 11 is 0. The fourth-order valence-corrected chi connectivity index (χ4v) is 2.23. The van der Waals surface area contributed by atoms with E-state index < -0.39 is 0 Å². The third-order valence-corrected chi connectivity index (χ3v) is 3.49. The van der Waals surface area contributed by atoms with Gasteiger partial charge in [-0.25, -0.2) is 0 Å². The van der Waals surface area contributed by atoms with Crippen molar-refractivity contribution in [3.63, 3.8) is 0 Å². The van der Waals surface area contributed by atoms with E-state index in [4.69, 9.17) is 9.26 Å². The van der Waals surface area contributed by atoms with Crippen molar-refractivity contribution in [3.05, 3.63) is 11.7 Å². The van der Waals surface area contributed by atoms with Crippen molar-refractivity contribution < 1.29 is 9.26 Å². The summed E-state index contributed by atoms with van der Waals surface area (Å²) in [7, 11) is 1.93. The van der Waals surface area contributed by atoms with Crippen LogP contribution >= 0.6 is 12.4 Å². The molecule has 1 N–H and O–H groups in total. The monoisotopic (exact) mass is 289 g/mol. The minimum absolute atomic E-state index is 0. The highest BCUT2D eigenvalue weighted by Gasteiger charge is 2.16.